The minimum atomic E-state index is -0.0953. The summed E-state index contributed by atoms with van der Waals surface area (Å²) in [4.78, 5) is 23.7. The first-order valence-electron chi connectivity index (χ1n) is 10.7. The Kier molecular flexibility index (Phi) is 5.06. The Labute approximate surface area is 171 Å². The fourth-order valence-electron chi connectivity index (χ4n) is 5.02. The van der Waals surface area contributed by atoms with Crippen LogP contribution in [-0.4, -0.2) is 48.1 Å². The Morgan fingerprint density at radius 3 is 2.62 bits per heavy atom. The molecule has 1 amide bonds. The van der Waals surface area contributed by atoms with Crippen molar-refractivity contribution in [3.63, 3.8) is 0 Å². The number of fused-ring (bicyclic) bond motifs is 2. The number of anilines is 3. The van der Waals surface area contributed by atoms with E-state index >= 15 is 0 Å². The van der Waals surface area contributed by atoms with Crippen LogP contribution in [0.1, 0.15) is 36.2 Å². The molecular weight excluding hydrogens is 364 g/mol. The molecule has 2 saturated carbocycles. The Balaban J connectivity index is 1.22. The van der Waals surface area contributed by atoms with Gasteiger partial charge in [-0.15, -0.1) is 0 Å². The van der Waals surface area contributed by atoms with E-state index in [9.17, 15) is 4.79 Å². The molecule has 2 aliphatic carbocycles. The fourth-order valence-corrected chi connectivity index (χ4v) is 5.02. The molecule has 1 aliphatic heterocycles. The number of carbonyl (C=O) groups excluding carboxylic acids is 1. The maximum atomic E-state index is 12.7. The maximum absolute atomic E-state index is 12.7. The molecule has 5 rings (SSSR count). The zero-order chi connectivity index (χ0) is 19.6. The first-order valence-corrected chi connectivity index (χ1v) is 10.7. The van der Waals surface area contributed by atoms with Gasteiger partial charge in [-0.1, -0.05) is 6.42 Å². The highest BCUT2D eigenvalue weighted by molar-refractivity contribution is 5.92. The molecule has 7 heteroatoms. The van der Waals surface area contributed by atoms with Crippen LogP contribution in [0.4, 0.5) is 17.3 Å². The van der Waals surface area contributed by atoms with Gasteiger partial charge in [0.15, 0.2) is 0 Å². The largest absolute Gasteiger partial charge is 0.369 e. The van der Waals surface area contributed by atoms with E-state index in [0.717, 1.165) is 44.2 Å². The van der Waals surface area contributed by atoms with Crippen molar-refractivity contribution in [2.75, 3.05) is 36.4 Å². The predicted molar refractivity (Wildman–Crippen MR) is 114 cm³/mol. The van der Waals surface area contributed by atoms with Gasteiger partial charge < -0.3 is 20.9 Å². The van der Waals surface area contributed by atoms with Gasteiger partial charge in [0.05, 0.1) is 0 Å². The molecule has 7 nitrogen and oxygen atoms in total. The van der Waals surface area contributed by atoms with E-state index in [1.807, 2.05) is 12.1 Å². The molecule has 3 N–H and O–H groups in total. The fraction of sp³-hybridized carbons (Fsp3) is 0.500. The van der Waals surface area contributed by atoms with Crippen molar-refractivity contribution in [1.29, 1.82) is 0 Å². The third-order valence-electron chi connectivity index (χ3n) is 6.55. The van der Waals surface area contributed by atoms with Gasteiger partial charge in [0.1, 0.15) is 5.69 Å². The molecule has 3 unspecified atom stereocenters. The number of nitrogens with zero attached hydrogens (tertiary/aromatic N) is 3. The van der Waals surface area contributed by atoms with Crippen LogP contribution in [0, 0.1) is 11.8 Å². The summed E-state index contributed by atoms with van der Waals surface area (Å²) in [6.07, 6.45) is 6.60. The zero-order valence-electron chi connectivity index (χ0n) is 16.6. The molecular formula is C22H28N6O. The minimum absolute atomic E-state index is 0.0953. The van der Waals surface area contributed by atoms with Gasteiger partial charge in [-0.25, -0.2) is 9.97 Å². The van der Waals surface area contributed by atoms with E-state index < -0.39 is 0 Å². The molecule has 3 atom stereocenters. The van der Waals surface area contributed by atoms with E-state index in [2.05, 4.69) is 43.0 Å². The lowest BCUT2D eigenvalue weighted by atomic mass is 9.95. The van der Waals surface area contributed by atoms with Crippen molar-refractivity contribution in [1.82, 2.24) is 20.6 Å². The minimum Gasteiger partial charge on any atom is -0.369 e. The monoisotopic (exact) mass is 392 g/mol. The normalized spacial score (nSPS) is 25.8. The van der Waals surface area contributed by atoms with Crippen LogP contribution < -0.4 is 20.9 Å². The molecule has 0 radical (unpaired) electrons. The molecule has 1 aromatic carbocycles. The Bertz CT molecular complexity index is 864. The van der Waals surface area contributed by atoms with Gasteiger partial charge in [0.2, 0.25) is 5.95 Å². The highest BCUT2D eigenvalue weighted by atomic mass is 16.2. The number of aromatic nitrogens is 2. The molecule has 2 aromatic rings. The Hall–Kier alpha value is -2.67. The lowest BCUT2D eigenvalue weighted by molar-refractivity contribution is 0.0918. The summed E-state index contributed by atoms with van der Waals surface area (Å²) in [5, 5.41) is 9.78. The van der Waals surface area contributed by atoms with E-state index in [0.29, 0.717) is 23.6 Å². The first-order chi connectivity index (χ1) is 14.2. The SMILES string of the molecule is O=C(NC1CC2CCC1C2)c1ccnc(Nc2ccc(N3CCNCC3)cc2)n1. The molecule has 29 heavy (non-hydrogen) atoms. The maximum Gasteiger partial charge on any atom is 0.270 e. The first kappa shape index (κ1) is 18.4. The molecule has 1 aromatic heterocycles. The highest BCUT2D eigenvalue weighted by Gasteiger charge is 2.40. The average molecular weight is 393 g/mol. The number of hydrogen-bond donors (Lipinski definition) is 3. The summed E-state index contributed by atoms with van der Waals surface area (Å²) in [5.41, 5.74) is 2.55. The lowest BCUT2D eigenvalue weighted by Gasteiger charge is -2.29. The second-order valence-corrected chi connectivity index (χ2v) is 8.43. The van der Waals surface area contributed by atoms with Crippen molar-refractivity contribution < 1.29 is 4.79 Å². The quantitative estimate of drug-likeness (QED) is 0.726. The van der Waals surface area contributed by atoms with Crippen LogP contribution in [0.2, 0.25) is 0 Å². The molecule has 3 aliphatic rings. The van der Waals surface area contributed by atoms with E-state index in [-0.39, 0.29) is 5.91 Å². The van der Waals surface area contributed by atoms with Crippen molar-refractivity contribution in [3.8, 4) is 0 Å². The summed E-state index contributed by atoms with van der Waals surface area (Å²) < 4.78 is 0. The second-order valence-electron chi connectivity index (χ2n) is 8.43. The average Bonchev–Trinajstić information content (AvgIpc) is 3.38. The van der Waals surface area contributed by atoms with Gasteiger partial charge in [-0.3, -0.25) is 4.79 Å². The van der Waals surface area contributed by atoms with Crippen LogP contribution in [0.5, 0.6) is 0 Å². The Morgan fingerprint density at radius 1 is 1.07 bits per heavy atom. The smallest absolute Gasteiger partial charge is 0.270 e. The second kappa shape index (κ2) is 7.99. The van der Waals surface area contributed by atoms with Crippen LogP contribution >= 0.6 is 0 Å². The molecule has 0 spiro atoms. The number of hydrogen-bond acceptors (Lipinski definition) is 6. The standard InChI is InChI=1S/C22H28N6O/c29-21(26-20-14-15-1-2-16(20)13-15)19-7-8-24-22(27-19)25-17-3-5-18(6-4-17)28-11-9-23-10-12-28/h3-8,15-16,20,23H,1-2,9-14H2,(H,26,29)(H,24,25,27). The number of rotatable bonds is 5. The van der Waals surface area contributed by atoms with Crippen LogP contribution in [-0.2, 0) is 0 Å². The lowest BCUT2D eigenvalue weighted by Crippen LogP contribution is -2.43. The molecule has 2 heterocycles. The van der Waals surface area contributed by atoms with Crippen LogP contribution in [0.3, 0.4) is 0 Å². The summed E-state index contributed by atoms with van der Waals surface area (Å²) in [7, 11) is 0. The number of piperazine rings is 1. The molecule has 2 bridgehead atoms. The van der Waals surface area contributed by atoms with E-state index in [1.54, 1.807) is 12.3 Å². The predicted octanol–water partition coefficient (Wildman–Crippen LogP) is 2.55. The van der Waals surface area contributed by atoms with Gasteiger partial charge in [0.25, 0.3) is 5.91 Å². The van der Waals surface area contributed by atoms with Gasteiger partial charge >= 0.3 is 0 Å². The third-order valence-corrected chi connectivity index (χ3v) is 6.55. The molecule has 1 saturated heterocycles. The van der Waals surface area contributed by atoms with E-state index in [1.165, 1.54) is 24.9 Å². The van der Waals surface area contributed by atoms with Crippen molar-refractivity contribution in [3.05, 3.63) is 42.2 Å². The summed E-state index contributed by atoms with van der Waals surface area (Å²) in [6.45, 7) is 4.08. The topological polar surface area (TPSA) is 82.2 Å². The van der Waals surface area contributed by atoms with E-state index in [4.69, 9.17) is 0 Å². The molecule has 152 valence electrons. The summed E-state index contributed by atoms with van der Waals surface area (Å²) in [6, 6.07) is 10.3. The zero-order valence-corrected chi connectivity index (χ0v) is 16.6. The Morgan fingerprint density at radius 2 is 1.90 bits per heavy atom. The van der Waals surface area contributed by atoms with Gasteiger partial charge in [-0.2, -0.15) is 0 Å². The number of nitrogens with one attached hydrogen (secondary N) is 3. The van der Waals surface area contributed by atoms with Crippen LogP contribution in [0.15, 0.2) is 36.5 Å². The van der Waals surface area contributed by atoms with Gasteiger partial charge in [-0.05, 0) is 61.4 Å². The number of benzene rings is 1. The van der Waals surface area contributed by atoms with Gasteiger partial charge in [0, 0.05) is 49.8 Å². The van der Waals surface area contributed by atoms with Crippen molar-refractivity contribution in [2.45, 2.75) is 31.7 Å². The molecule has 3 fully saturated rings. The number of carbonyl (C=O) groups is 1. The van der Waals surface area contributed by atoms with Crippen molar-refractivity contribution in [2.24, 2.45) is 11.8 Å². The number of amides is 1. The highest BCUT2D eigenvalue weighted by Crippen LogP contribution is 2.44. The van der Waals surface area contributed by atoms with Crippen molar-refractivity contribution >= 4 is 23.2 Å². The third kappa shape index (κ3) is 4.05. The summed E-state index contributed by atoms with van der Waals surface area (Å²) >= 11 is 0. The van der Waals surface area contributed by atoms with Crippen LogP contribution in [0.25, 0.3) is 0 Å². The summed E-state index contributed by atoms with van der Waals surface area (Å²) in [5.74, 6) is 1.80.